The minimum absolute atomic E-state index is 1.10. The summed E-state index contributed by atoms with van der Waals surface area (Å²) in [6.07, 6.45) is 0. The molecule has 0 N–H and O–H groups in total. The lowest BCUT2D eigenvalue weighted by atomic mass is 9.95. The fourth-order valence-electron chi connectivity index (χ4n) is 21.7. The lowest BCUT2D eigenvalue weighted by molar-refractivity contribution is 1.27. The van der Waals surface area contributed by atoms with Crippen LogP contribution in [-0.4, -0.2) is 17.6 Å². The second kappa shape index (κ2) is 26.4. The van der Waals surface area contributed by atoms with Crippen molar-refractivity contribution in [2.45, 2.75) is 0 Å². The van der Waals surface area contributed by atoms with Gasteiger partial charge in [0, 0.05) is 153 Å². The number of nitrogens with zero attached hydrogens (tertiary/aromatic N) is 8. The van der Waals surface area contributed by atoms with E-state index in [9.17, 15) is 0 Å². The molecule has 0 unspecified atom stereocenters. The zero-order chi connectivity index (χ0) is 80.9. The Kier molecular flexibility index (Phi) is 14.5. The van der Waals surface area contributed by atoms with Crippen LogP contribution in [0.1, 0.15) is 0 Å². The normalized spacial score (nSPS) is 12.2. The molecule has 124 heavy (non-hydrogen) atoms. The zero-order valence-electron chi connectivity index (χ0n) is 67.1. The van der Waals surface area contributed by atoms with Gasteiger partial charge in [0.15, 0.2) is 0 Å². The van der Waals surface area contributed by atoms with E-state index in [2.05, 4.69) is 474 Å². The Morgan fingerprint density at radius 1 is 0.121 bits per heavy atom. The van der Waals surface area contributed by atoms with Gasteiger partial charge >= 0.3 is 0 Å². The number of benzene rings is 20. The molecule has 8 aromatic heterocycles. The van der Waals surface area contributed by atoms with Crippen LogP contribution in [0.15, 0.2) is 437 Å². The summed E-state index contributed by atoms with van der Waals surface area (Å²) >= 11 is 0. The van der Waals surface area contributed by atoms with E-state index in [1.54, 1.807) is 0 Å². The highest BCUT2D eigenvalue weighted by Gasteiger charge is 2.35. The highest BCUT2D eigenvalue weighted by molar-refractivity contribution is 6.38. The van der Waals surface area contributed by atoms with Gasteiger partial charge < -0.3 is 37.2 Å². The van der Waals surface area contributed by atoms with Crippen LogP contribution < -0.4 is 19.6 Å². The van der Waals surface area contributed by atoms with Crippen LogP contribution in [0.25, 0.3) is 174 Å². The van der Waals surface area contributed by atoms with E-state index in [1.165, 1.54) is 174 Å². The van der Waals surface area contributed by atoms with E-state index in [4.69, 9.17) is 0 Å². The average Bonchev–Trinajstić information content (AvgIpc) is 1.51. The molecule has 0 aliphatic heterocycles. The van der Waals surface area contributed by atoms with Gasteiger partial charge in [-0.2, -0.15) is 0 Å². The van der Waals surface area contributed by atoms with Gasteiger partial charge in [0.2, 0.25) is 0 Å². The van der Waals surface area contributed by atoms with Gasteiger partial charge in [0.25, 0.3) is 0 Å². The summed E-state index contributed by atoms with van der Waals surface area (Å²) < 4.78 is 10.2. The minimum Gasteiger partial charge on any atom is -0.309 e. The second-order valence-corrected chi connectivity index (χ2v) is 32.9. The zero-order valence-corrected chi connectivity index (χ0v) is 67.1. The van der Waals surface area contributed by atoms with E-state index in [0.717, 1.165) is 68.2 Å². The third-order valence-corrected chi connectivity index (χ3v) is 26.5. The number of anilines is 12. The van der Waals surface area contributed by atoms with Gasteiger partial charge in [-0.3, -0.25) is 0 Å². The fourth-order valence-corrected chi connectivity index (χ4v) is 21.7. The van der Waals surface area contributed by atoms with Gasteiger partial charge in [-0.25, -0.2) is 0 Å². The Balaban J connectivity index is 0.000000130. The van der Waals surface area contributed by atoms with Gasteiger partial charge in [0.05, 0.1) is 88.9 Å². The molecule has 28 rings (SSSR count). The van der Waals surface area contributed by atoms with Crippen molar-refractivity contribution in [2.24, 2.45) is 0 Å². The van der Waals surface area contributed by atoms with Crippen molar-refractivity contribution in [1.82, 2.24) is 17.6 Å². The third-order valence-electron chi connectivity index (χ3n) is 26.5. The average molecular weight is 1580 g/mol. The number of aromatic nitrogens is 4. The molecule has 0 aliphatic carbocycles. The smallest absolute Gasteiger partial charge is 0.0789 e. The van der Waals surface area contributed by atoms with E-state index < -0.39 is 0 Å². The van der Waals surface area contributed by atoms with E-state index >= 15 is 0 Å². The monoisotopic (exact) mass is 1580 g/mol. The van der Waals surface area contributed by atoms with Crippen LogP contribution in [0.2, 0.25) is 0 Å². The van der Waals surface area contributed by atoms with Crippen molar-refractivity contribution in [1.29, 1.82) is 0 Å². The molecule has 576 valence electrons. The molecular weight excluding hydrogens is 1510 g/mol. The van der Waals surface area contributed by atoms with Gasteiger partial charge in [-0.05, 0) is 146 Å². The largest absolute Gasteiger partial charge is 0.309 e. The molecule has 28 aromatic rings. The summed E-state index contributed by atoms with van der Waals surface area (Å²) in [5.41, 5.74) is 28.0. The van der Waals surface area contributed by atoms with Crippen molar-refractivity contribution in [3.05, 3.63) is 437 Å². The lowest BCUT2D eigenvalue weighted by Crippen LogP contribution is -2.14. The van der Waals surface area contributed by atoms with Crippen LogP contribution in [0, 0.1) is 0 Å². The summed E-state index contributed by atoms with van der Waals surface area (Å²) in [6, 6.07) is 160. The highest BCUT2D eigenvalue weighted by atomic mass is 15.2. The third kappa shape index (κ3) is 9.50. The molecule has 8 heterocycles. The molecule has 0 aliphatic rings. The first kappa shape index (κ1) is 68.3. The van der Waals surface area contributed by atoms with Crippen molar-refractivity contribution >= 4 is 242 Å². The molecule has 0 saturated heterocycles. The second-order valence-electron chi connectivity index (χ2n) is 32.9. The van der Waals surface area contributed by atoms with E-state index in [0.29, 0.717) is 0 Å². The Bertz CT molecular complexity index is 8400. The molecule has 0 saturated carbocycles. The van der Waals surface area contributed by atoms with Crippen LogP contribution in [0.4, 0.5) is 68.2 Å². The standard InChI is InChI=1S/2C58H36N4/c1-5-19-37(20-6-1)59(38-21-7-2-8-22-38)55-49-35-48-46-32-18-30-44-42-28-14-16-34-52(42)62(54(44)46)58(48)56(60(39-23-9-3-10-24-39)40-25-11-4-12-26-40)50(49)36-47-45-31-17-29-43-41-27-13-15-33-51(41)61(53(43)45)57(47)55;1-5-19-37(20-6-1)59(38-21-7-2-8-22-38)57-47-35-52-54(46-32-18-30-44-42-28-14-16-34-50(42)62(52)56(44)46)58(60(39-23-9-3-10-24-39)40-25-11-4-12-26-40)48(47)36-51-53(57)45-31-17-29-43-41-27-13-15-33-49(41)61(51)55(43)45/h2*1-36H. The molecule has 0 fully saturated rings. The maximum atomic E-state index is 2.56. The first-order valence-electron chi connectivity index (χ1n) is 42.7. The maximum absolute atomic E-state index is 2.56. The summed E-state index contributed by atoms with van der Waals surface area (Å²) in [5, 5.41) is 24.7. The molecule has 0 spiro atoms. The number of fused-ring (bicyclic) bond motifs is 26. The van der Waals surface area contributed by atoms with E-state index in [-0.39, 0.29) is 0 Å². The van der Waals surface area contributed by atoms with Gasteiger partial charge in [-0.15, -0.1) is 0 Å². The molecule has 20 aromatic carbocycles. The Hall–Kier alpha value is -16.7. The van der Waals surface area contributed by atoms with Crippen LogP contribution in [0.5, 0.6) is 0 Å². The summed E-state index contributed by atoms with van der Waals surface area (Å²) in [4.78, 5) is 10.0. The molecule has 0 amide bonds. The Morgan fingerprint density at radius 3 is 0.581 bits per heavy atom. The Morgan fingerprint density at radius 2 is 0.315 bits per heavy atom. The van der Waals surface area contributed by atoms with Gasteiger partial charge in [-0.1, -0.05) is 291 Å². The van der Waals surface area contributed by atoms with Crippen LogP contribution in [0.3, 0.4) is 0 Å². The summed E-state index contributed by atoms with van der Waals surface area (Å²) in [6.45, 7) is 0. The highest BCUT2D eigenvalue weighted by Crippen LogP contribution is 2.59. The SMILES string of the molecule is c1ccc(N(c2ccccc2)c2c3cc4c(c(N(c5ccccc5)c5ccccc5)c3cc3c2c2cccc5c6ccccc6n3c52)c2cccc3c5ccccc5n4c32)cc1.c1ccc(N(c2ccccc2)c2c3cc4c5cccc6c7ccccc7n(c4c(N(c4ccccc4)c4ccccc4)c3cc3c4cccc7c8ccccc8n(c23)c74)c65)cc1. The number of hydrogen-bond donors (Lipinski definition) is 0. The number of para-hydroxylation sites is 16. The molecule has 0 bridgehead atoms. The van der Waals surface area contributed by atoms with Crippen molar-refractivity contribution in [3.8, 4) is 0 Å². The predicted molar refractivity (Wildman–Crippen MR) is 525 cm³/mol. The van der Waals surface area contributed by atoms with Crippen molar-refractivity contribution in [2.75, 3.05) is 19.6 Å². The first-order valence-corrected chi connectivity index (χ1v) is 42.7. The Labute approximate surface area is 711 Å². The van der Waals surface area contributed by atoms with Gasteiger partial charge in [0.1, 0.15) is 0 Å². The van der Waals surface area contributed by atoms with Crippen molar-refractivity contribution < 1.29 is 0 Å². The lowest BCUT2D eigenvalue weighted by Gasteiger charge is -2.31. The number of rotatable bonds is 12. The number of hydrogen-bond acceptors (Lipinski definition) is 4. The summed E-state index contributed by atoms with van der Waals surface area (Å²) in [7, 11) is 0. The fraction of sp³-hybridized carbons (Fsp3) is 0. The predicted octanol–water partition coefficient (Wildman–Crippen LogP) is 32.2. The van der Waals surface area contributed by atoms with Crippen molar-refractivity contribution in [3.63, 3.8) is 0 Å². The molecule has 8 nitrogen and oxygen atoms in total. The maximum Gasteiger partial charge on any atom is 0.0789 e. The van der Waals surface area contributed by atoms with Crippen LogP contribution >= 0.6 is 0 Å². The van der Waals surface area contributed by atoms with E-state index in [1.807, 2.05) is 0 Å². The molecule has 0 radical (unpaired) electrons. The summed E-state index contributed by atoms with van der Waals surface area (Å²) in [5.74, 6) is 0. The topological polar surface area (TPSA) is 30.6 Å². The molecule has 8 heteroatoms. The quantitative estimate of drug-likeness (QED) is 0.122. The first-order chi connectivity index (χ1) is 61.7. The minimum atomic E-state index is 1.10. The van der Waals surface area contributed by atoms with Crippen LogP contribution in [-0.2, 0) is 0 Å². The molecular formula is C116H72N8. The molecule has 0 atom stereocenters.